The Morgan fingerprint density at radius 3 is 2.26 bits per heavy atom. The summed E-state index contributed by atoms with van der Waals surface area (Å²) in [5, 5.41) is 2.87. The molecular weight excluding hydrogens is 340 g/mol. The van der Waals surface area contributed by atoms with E-state index in [4.69, 9.17) is 4.74 Å². The lowest BCUT2D eigenvalue weighted by atomic mass is 9.90. The fourth-order valence-corrected chi connectivity index (χ4v) is 3.59. The molecule has 142 valence electrons. The van der Waals surface area contributed by atoms with Crippen molar-refractivity contribution in [2.75, 3.05) is 26.2 Å². The molecule has 1 N–H and O–H groups in total. The van der Waals surface area contributed by atoms with Gasteiger partial charge >= 0.3 is 5.97 Å². The molecule has 3 rings (SSSR count). The molecule has 5 nitrogen and oxygen atoms in total. The van der Waals surface area contributed by atoms with Gasteiger partial charge in [0.05, 0.1) is 19.1 Å². The molecule has 5 heteroatoms. The number of nitrogens with zero attached hydrogens (tertiary/aromatic N) is 1. The SMILES string of the molecule is CCOC(=O)C[C@H]1C(=O)NCCN1CC(c1ccccc1)c1ccccc1. The van der Waals surface area contributed by atoms with Crippen LogP contribution in [-0.2, 0) is 14.3 Å². The van der Waals surface area contributed by atoms with Gasteiger partial charge in [0, 0.05) is 25.6 Å². The summed E-state index contributed by atoms with van der Waals surface area (Å²) in [5.41, 5.74) is 2.40. The lowest BCUT2D eigenvalue weighted by molar-refractivity contribution is -0.148. The molecule has 1 amide bonds. The highest BCUT2D eigenvalue weighted by atomic mass is 16.5. The monoisotopic (exact) mass is 366 g/mol. The number of benzene rings is 2. The summed E-state index contributed by atoms with van der Waals surface area (Å²) in [7, 11) is 0. The first-order chi connectivity index (χ1) is 13.2. The minimum Gasteiger partial charge on any atom is -0.466 e. The van der Waals surface area contributed by atoms with E-state index < -0.39 is 6.04 Å². The molecule has 0 spiro atoms. The van der Waals surface area contributed by atoms with Crippen LogP contribution < -0.4 is 5.32 Å². The van der Waals surface area contributed by atoms with Crippen LogP contribution in [0.4, 0.5) is 0 Å². The van der Waals surface area contributed by atoms with E-state index in [1.54, 1.807) is 6.92 Å². The number of carbonyl (C=O) groups excluding carboxylic acids is 2. The molecule has 27 heavy (non-hydrogen) atoms. The molecule has 0 saturated carbocycles. The molecule has 0 radical (unpaired) electrons. The standard InChI is InChI=1S/C22H26N2O3/c1-2-27-21(25)15-20-22(26)23-13-14-24(20)16-19(17-9-5-3-6-10-17)18-11-7-4-8-12-18/h3-12,19-20H,2,13-16H2,1H3,(H,23,26)/t20-/m0/s1. The Bertz CT molecular complexity index is 709. The predicted octanol–water partition coefficient (Wildman–Crippen LogP) is 2.57. The van der Waals surface area contributed by atoms with Crippen molar-refractivity contribution in [1.82, 2.24) is 10.2 Å². The number of hydrogen-bond acceptors (Lipinski definition) is 4. The summed E-state index contributed by atoms with van der Waals surface area (Å²) in [6, 6.07) is 20.1. The minimum atomic E-state index is -0.493. The van der Waals surface area contributed by atoms with Crippen molar-refractivity contribution in [3.05, 3.63) is 71.8 Å². The lowest BCUT2D eigenvalue weighted by Crippen LogP contribution is -2.56. The van der Waals surface area contributed by atoms with Crippen LogP contribution >= 0.6 is 0 Å². The molecule has 1 aliphatic rings. The zero-order chi connectivity index (χ0) is 19.1. The fraction of sp³-hybridized carbons (Fsp3) is 0.364. The van der Waals surface area contributed by atoms with E-state index in [0.717, 1.165) is 0 Å². The van der Waals surface area contributed by atoms with Gasteiger partial charge in [0.1, 0.15) is 0 Å². The Hall–Kier alpha value is -2.66. The van der Waals surface area contributed by atoms with Gasteiger partial charge in [-0.15, -0.1) is 0 Å². The summed E-state index contributed by atoms with van der Waals surface area (Å²) >= 11 is 0. The van der Waals surface area contributed by atoms with Gasteiger partial charge in [0.25, 0.3) is 0 Å². The maximum absolute atomic E-state index is 12.4. The molecule has 1 atom stereocenters. The van der Waals surface area contributed by atoms with Crippen LogP contribution in [0.5, 0.6) is 0 Å². The molecule has 0 bridgehead atoms. The minimum absolute atomic E-state index is 0.0793. The zero-order valence-electron chi connectivity index (χ0n) is 15.6. The summed E-state index contributed by atoms with van der Waals surface area (Å²) in [6.07, 6.45) is 0.0793. The first-order valence-electron chi connectivity index (χ1n) is 9.46. The third-order valence-electron chi connectivity index (χ3n) is 4.93. The number of esters is 1. The van der Waals surface area contributed by atoms with Gasteiger partial charge in [0.15, 0.2) is 0 Å². The van der Waals surface area contributed by atoms with Crippen molar-refractivity contribution in [3.8, 4) is 0 Å². The Morgan fingerprint density at radius 2 is 1.70 bits per heavy atom. The van der Waals surface area contributed by atoms with Gasteiger partial charge in [-0.05, 0) is 18.1 Å². The molecule has 2 aromatic rings. The fourth-order valence-electron chi connectivity index (χ4n) is 3.59. The second-order valence-corrected chi connectivity index (χ2v) is 6.68. The highest BCUT2D eigenvalue weighted by Crippen LogP contribution is 2.27. The average molecular weight is 366 g/mol. The second-order valence-electron chi connectivity index (χ2n) is 6.68. The lowest BCUT2D eigenvalue weighted by Gasteiger charge is -2.37. The predicted molar refractivity (Wildman–Crippen MR) is 104 cm³/mol. The van der Waals surface area contributed by atoms with Gasteiger partial charge in [-0.2, -0.15) is 0 Å². The van der Waals surface area contributed by atoms with E-state index >= 15 is 0 Å². The first kappa shape index (κ1) is 19.1. The molecule has 1 saturated heterocycles. The van der Waals surface area contributed by atoms with E-state index in [1.807, 2.05) is 36.4 Å². The van der Waals surface area contributed by atoms with Gasteiger partial charge < -0.3 is 10.1 Å². The maximum Gasteiger partial charge on any atom is 0.307 e. The number of amides is 1. The van der Waals surface area contributed by atoms with Crippen LogP contribution in [-0.4, -0.2) is 49.1 Å². The van der Waals surface area contributed by atoms with Gasteiger partial charge in [-0.1, -0.05) is 60.7 Å². The third-order valence-corrected chi connectivity index (χ3v) is 4.93. The molecule has 1 fully saturated rings. The maximum atomic E-state index is 12.4. The Balaban J connectivity index is 1.84. The number of hydrogen-bond donors (Lipinski definition) is 1. The summed E-state index contributed by atoms with van der Waals surface area (Å²) in [4.78, 5) is 26.5. The summed E-state index contributed by atoms with van der Waals surface area (Å²) in [5.74, 6) is -0.308. The second kappa shape index (κ2) is 9.33. The molecule has 0 aromatic heterocycles. The quantitative estimate of drug-likeness (QED) is 0.765. The Kier molecular flexibility index (Phi) is 6.60. The van der Waals surface area contributed by atoms with Crippen LogP contribution in [0.15, 0.2) is 60.7 Å². The van der Waals surface area contributed by atoms with Crippen molar-refractivity contribution in [2.45, 2.75) is 25.3 Å². The molecule has 2 aromatic carbocycles. The number of carbonyl (C=O) groups is 2. The van der Waals surface area contributed by atoms with Crippen molar-refractivity contribution in [1.29, 1.82) is 0 Å². The molecule has 0 aliphatic carbocycles. The number of rotatable bonds is 7. The van der Waals surface area contributed by atoms with E-state index in [1.165, 1.54) is 11.1 Å². The smallest absolute Gasteiger partial charge is 0.307 e. The highest BCUT2D eigenvalue weighted by molar-refractivity contribution is 5.87. The van der Waals surface area contributed by atoms with Crippen LogP contribution in [0.3, 0.4) is 0 Å². The van der Waals surface area contributed by atoms with Crippen LogP contribution in [0.1, 0.15) is 30.4 Å². The third kappa shape index (κ3) is 4.95. The van der Waals surface area contributed by atoms with Crippen LogP contribution in [0, 0.1) is 0 Å². The molecule has 1 heterocycles. The van der Waals surface area contributed by atoms with E-state index in [2.05, 4.69) is 34.5 Å². The number of nitrogens with one attached hydrogen (secondary N) is 1. The molecular formula is C22H26N2O3. The molecule has 0 unspecified atom stereocenters. The van der Waals surface area contributed by atoms with E-state index in [-0.39, 0.29) is 24.2 Å². The summed E-state index contributed by atoms with van der Waals surface area (Å²) < 4.78 is 5.07. The number of piperazine rings is 1. The Morgan fingerprint density at radius 1 is 1.11 bits per heavy atom. The van der Waals surface area contributed by atoms with E-state index in [9.17, 15) is 9.59 Å². The first-order valence-corrected chi connectivity index (χ1v) is 9.46. The van der Waals surface area contributed by atoms with Crippen LogP contribution in [0.25, 0.3) is 0 Å². The van der Waals surface area contributed by atoms with Crippen molar-refractivity contribution < 1.29 is 14.3 Å². The van der Waals surface area contributed by atoms with Crippen molar-refractivity contribution in [3.63, 3.8) is 0 Å². The largest absolute Gasteiger partial charge is 0.466 e. The topological polar surface area (TPSA) is 58.6 Å². The van der Waals surface area contributed by atoms with Crippen molar-refractivity contribution in [2.24, 2.45) is 0 Å². The van der Waals surface area contributed by atoms with Gasteiger partial charge in [0.2, 0.25) is 5.91 Å². The van der Waals surface area contributed by atoms with E-state index in [0.29, 0.717) is 26.2 Å². The zero-order valence-corrected chi connectivity index (χ0v) is 15.6. The van der Waals surface area contributed by atoms with Gasteiger partial charge in [-0.25, -0.2) is 0 Å². The van der Waals surface area contributed by atoms with Crippen molar-refractivity contribution >= 4 is 11.9 Å². The Labute approximate surface area is 160 Å². The normalized spacial score (nSPS) is 17.6. The van der Waals surface area contributed by atoms with Crippen LogP contribution in [0.2, 0.25) is 0 Å². The summed E-state index contributed by atoms with van der Waals surface area (Å²) in [6.45, 7) is 4.08. The number of ether oxygens (including phenoxy) is 1. The highest BCUT2D eigenvalue weighted by Gasteiger charge is 2.33. The molecule has 1 aliphatic heterocycles. The van der Waals surface area contributed by atoms with Gasteiger partial charge in [-0.3, -0.25) is 14.5 Å². The average Bonchev–Trinajstić information content (AvgIpc) is 2.70.